The number of thioether (sulfide) groups is 1. The van der Waals surface area contributed by atoms with Crippen molar-refractivity contribution in [2.45, 2.75) is 4.90 Å². The molecule has 0 N–H and O–H groups in total. The van der Waals surface area contributed by atoms with Crippen molar-refractivity contribution in [1.82, 2.24) is 0 Å². The lowest BCUT2D eigenvalue weighted by molar-refractivity contribution is -0.119. The van der Waals surface area contributed by atoms with E-state index in [-0.39, 0.29) is 11.8 Å². The number of benzene rings is 3. The SMILES string of the molecule is CN(C)c1ccc(N2C(=O)C(Sc3ccccc3)=C(c3ccccc3)C2=O)cc1. The van der Waals surface area contributed by atoms with Gasteiger partial charge < -0.3 is 4.90 Å². The van der Waals surface area contributed by atoms with Crippen LogP contribution in [-0.2, 0) is 9.59 Å². The van der Waals surface area contributed by atoms with Crippen molar-refractivity contribution in [3.05, 3.63) is 95.4 Å². The first-order valence-electron chi connectivity index (χ1n) is 9.25. The summed E-state index contributed by atoms with van der Waals surface area (Å²) in [6.45, 7) is 0. The lowest BCUT2D eigenvalue weighted by atomic mass is 10.1. The zero-order chi connectivity index (χ0) is 20.4. The minimum Gasteiger partial charge on any atom is -0.378 e. The highest BCUT2D eigenvalue weighted by molar-refractivity contribution is 8.04. The van der Waals surface area contributed by atoms with E-state index in [9.17, 15) is 9.59 Å². The molecule has 0 bridgehead atoms. The summed E-state index contributed by atoms with van der Waals surface area (Å²) in [5, 5.41) is 0. The fraction of sp³-hybridized carbons (Fsp3) is 0.0833. The summed E-state index contributed by atoms with van der Waals surface area (Å²) in [5.74, 6) is -0.586. The quantitative estimate of drug-likeness (QED) is 0.575. The highest BCUT2D eigenvalue weighted by Gasteiger charge is 2.40. The normalized spacial score (nSPS) is 13.9. The van der Waals surface area contributed by atoms with Gasteiger partial charge in [0.15, 0.2) is 0 Å². The number of amides is 2. The van der Waals surface area contributed by atoms with Crippen molar-refractivity contribution < 1.29 is 9.59 Å². The molecule has 0 aliphatic carbocycles. The summed E-state index contributed by atoms with van der Waals surface area (Å²) >= 11 is 1.33. The van der Waals surface area contributed by atoms with E-state index in [1.807, 2.05) is 104 Å². The van der Waals surface area contributed by atoms with Crippen molar-refractivity contribution in [2.75, 3.05) is 23.9 Å². The number of hydrogen-bond donors (Lipinski definition) is 0. The second kappa shape index (κ2) is 7.97. The molecule has 5 heteroatoms. The molecule has 0 spiro atoms. The number of hydrogen-bond acceptors (Lipinski definition) is 4. The number of carbonyl (C=O) groups is 2. The third-order valence-corrected chi connectivity index (χ3v) is 5.78. The van der Waals surface area contributed by atoms with Gasteiger partial charge in [-0.3, -0.25) is 9.59 Å². The lowest BCUT2D eigenvalue weighted by Crippen LogP contribution is -2.31. The Morgan fingerprint density at radius 1 is 0.724 bits per heavy atom. The van der Waals surface area contributed by atoms with E-state index < -0.39 is 0 Å². The fourth-order valence-electron chi connectivity index (χ4n) is 3.20. The van der Waals surface area contributed by atoms with Crippen LogP contribution in [0.5, 0.6) is 0 Å². The molecule has 1 heterocycles. The van der Waals surface area contributed by atoms with E-state index in [1.54, 1.807) is 0 Å². The van der Waals surface area contributed by atoms with Crippen LogP contribution in [0, 0.1) is 0 Å². The highest BCUT2D eigenvalue weighted by atomic mass is 32.2. The van der Waals surface area contributed by atoms with Crippen LogP contribution in [0.2, 0.25) is 0 Å². The molecule has 1 aliphatic heterocycles. The van der Waals surface area contributed by atoms with Crippen molar-refractivity contribution in [3.63, 3.8) is 0 Å². The van der Waals surface area contributed by atoms with E-state index in [4.69, 9.17) is 0 Å². The molecular weight excluding hydrogens is 380 g/mol. The van der Waals surface area contributed by atoms with Gasteiger partial charge in [-0.2, -0.15) is 0 Å². The molecule has 1 aliphatic rings. The standard InChI is InChI=1S/C24H20N2O2S/c1-25(2)18-13-15-19(16-14-18)26-23(27)21(17-9-5-3-6-10-17)22(24(26)28)29-20-11-7-4-8-12-20/h3-16H,1-2H3. The molecule has 144 valence electrons. The van der Waals surface area contributed by atoms with Gasteiger partial charge in [-0.05, 0) is 42.0 Å². The molecule has 0 aromatic heterocycles. The van der Waals surface area contributed by atoms with E-state index in [0.717, 1.165) is 16.1 Å². The van der Waals surface area contributed by atoms with Crippen LogP contribution in [0.4, 0.5) is 11.4 Å². The first-order valence-corrected chi connectivity index (χ1v) is 10.1. The van der Waals surface area contributed by atoms with Crippen LogP contribution in [0.1, 0.15) is 5.56 Å². The average Bonchev–Trinajstić information content (AvgIpc) is 2.99. The molecule has 4 nitrogen and oxygen atoms in total. The second-order valence-corrected chi connectivity index (χ2v) is 7.93. The van der Waals surface area contributed by atoms with Crippen molar-refractivity contribution >= 4 is 40.5 Å². The molecular formula is C24H20N2O2S. The smallest absolute Gasteiger partial charge is 0.272 e. The third-order valence-electron chi connectivity index (χ3n) is 4.69. The number of rotatable bonds is 5. The van der Waals surface area contributed by atoms with Gasteiger partial charge in [0.05, 0.1) is 16.2 Å². The Balaban J connectivity index is 1.77. The Labute approximate surface area is 174 Å². The van der Waals surface area contributed by atoms with Gasteiger partial charge in [-0.25, -0.2) is 4.90 Å². The van der Waals surface area contributed by atoms with E-state index in [2.05, 4.69) is 0 Å². The predicted molar refractivity (Wildman–Crippen MR) is 119 cm³/mol. The van der Waals surface area contributed by atoms with Gasteiger partial charge in [0.25, 0.3) is 11.8 Å². The van der Waals surface area contributed by atoms with Gasteiger partial charge in [-0.15, -0.1) is 0 Å². The minimum atomic E-state index is -0.294. The Hall–Kier alpha value is -3.31. The van der Waals surface area contributed by atoms with Gasteiger partial charge in [0.2, 0.25) is 0 Å². The Kier molecular flexibility index (Phi) is 5.23. The summed E-state index contributed by atoms with van der Waals surface area (Å²) in [5.41, 5.74) is 2.77. The van der Waals surface area contributed by atoms with Gasteiger partial charge >= 0.3 is 0 Å². The van der Waals surface area contributed by atoms with Crippen molar-refractivity contribution in [1.29, 1.82) is 0 Å². The Bertz CT molecular complexity index is 1070. The number of imide groups is 1. The maximum atomic E-state index is 13.4. The minimum absolute atomic E-state index is 0.291. The third kappa shape index (κ3) is 3.69. The highest BCUT2D eigenvalue weighted by Crippen LogP contribution is 2.41. The molecule has 4 rings (SSSR count). The molecule has 0 saturated heterocycles. The van der Waals surface area contributed by atoms with Gasteiger partial charge in [0, 0.05) is 24.7 Å². The molecule has 3 aromatic rings. The first kappa shape index (κ1) is 19.0. The topological polar surface area (TPSA) is 40.6 Å². The van der Waals surface area contributed by atoms with Crippen LogP contribution in [0.3, 0.4) is 0 Å². The van der Waals surface area contributed by atoms with Gasteiger partial charge in [-0.1, -0.05) is 60.3 Å². The summed E-state index contributed by atoms with van der Waals surface area (Å²) < 4.78 is 0. The fourth-order valence-corrected chi connectivity index (χ4v) is 4.22. The summed E-state index contributed by atoms with van der Waals surface area (Å²) in [4.78, 5) is 31.3. The molecule has 0 atom stereocenters. The van der Waals surface area contributed by atoms with Gasteiger partial charge in [0.1, 0.15) is 0 Å². The summed E-state index contributed by atoms with van der Waals surface area (Å²) in [7, 11) is 3.90. The molecule has 2 amide bonds. The Morgan fingerprint density at radius 2 is 1.31 bits per heavy atom. The largest absolute Gasteiger partial charge is 0.378 e. The average molecular weight is 401 g/mol. The zero-order valence-electron chi connectivity index (χ0n) is 16.2. The Morgan fingerprint density at radius 3 is 1.90 bits per heavy atom. The maximum Gasteiger partial charge on any atom is 0.272 e. The van der Waals surface area contributed by atoms with Crippen molar-refractivity contribution in [2.24, 2.45) is 0 Å². The first-order chi connectivity index (χ1) is 14.1. The molecule has 0 radical (unpaired) electrons. The van der Waals surface area contributed by atoms with Crippen LogP contribution >= 0.6 is 11.8 Å². The summed E-state index contributed by atoms with van der Waals surface area (Å²) in [6, 6.07) is 26.4. The van der Waals surface area contributed by atoms with Crippen LogP contribution in [-0.4, -0.2) is 25.9 Å². The molecule has 0 unspecified atom stereocenters. The monoisotopic (exact) mass is 400 g/mol. The van der Waals surface area contributed by atoms with E-state index in [0.29, 0.717) is 16.2 Å². The molecule has 3 aromatic carbocycles. The molecule has 0 saturated carbocycles. The number of nitrogens with zero attached hydrogens (tertiary/aromatic N) is 2. The molecule has 29 heavy (non-hydrogen) atoms. The number of carbonyl (C=O) groups excluding carboxylic acids is 2. The summed E-state index contributed by atoms with van der Waals surface area (Å²) in [6.07, 6.45) is 0. The second-order valence-electron chi connectivity index (χ2n) is 6.84. The maximum absolute atomic E-state index is 13.4. The number of anilines is 2. The van der Waals surface area contributed by atoms with E-state index in [1.165, 1.54) is 16.7 Å². The molecule has 0 fully saturated rings. The van der Waals surface area contributed by atoms with Crippen LogP contribution in [0.15, 0.2) is 94.7 Å². The van der Waals surface area contributed by atoms with E-state index >= 15 is 0 Å². The van der Waals surface area contributed by atoms with Crippen LogP contribution < -0.4 is 9.80 Å². The zero-order valence-corrected chi connectivity index (χ0v) is 17.0. The lowest BCUT2D eigenvalue weighted by Gasteiger charge is -2.17. The predicted octanol–water partition coefficient (Wildman–Crippen LogP) is 4.83. The van der Waals surface area contributed by atoms with Crippen molar-refractivity contribution in [3.8, 4) is 0 Å². The van der Waals surface area contributed by atoms with Crippen LogP contribution in [0.25, 0.3) is 5.57 Å².